The van der Waals surface area contributed by atoms with Crippen molar-refractivity contribution in [2.45, 2.75) is 89.8 Å². The topological polar surface area (TPSA) is 141 Å². The SMILES string of the molecule is C=CCBr.C=CCOc1ccc(F)c(F)c1C1CC1CN.C=CCOc1ccc(F)c(F)c1C1CC1CNC(=O)OC(C)(C)C.CC(C)(C)OC(=O)NCC1CC1c1c(O)ccc(F)c1F.Cl. The minimum Gasteiger partial charge on any atom is -0.508 e. The van der Waals surface area contributed by atoms with Gasteiger partial charge in [-0.1, -0.05) is 47.3 Å². The van der Waals surface area contributed by atoms with E-state index in [0.29, 0.717) is 49.5 Å². The number of alkyl carbamates (subject to hydrolysis) is 2. The number of amides is 2. The van der Waals surface area contributed by atoms with Crippen LogP contribution in [0.15, 0.2) is 74.4 Å². The summed E-state index contributed by atoms with van der Waals surface area (Å²) in [6, 6.07) is 7.05. The molecule has 0 saturated heterocycles. The molecule has 6 atom stereocenters. The normalized spacial score (nSPS) is 19.6. The van der Waals surface area contributed by atoms with Gasteiger partial charge in [0, 0.05) is 35.1 Å². The second kappa shape index (κ2) is 26.6. The van der Waals surface area contributed by atoms with E-state index in [9.17, 15) is 41.0 Å². The molecule has 3 aliphatic rings. The number of halogens is 8. The molecule has 3 aromatic rings. The van der Waals surface area contributed by atoms with Gasteiger partial charge in [0.1, 0.15) is 41.7 Å². The van der Waals surface area contributed by atoms with Gasteiger partial charge in [0.15, 0.2) is 34.9 Å². The van der Waals surface area contributed by atoms with Crippen LogP contribution in [-0.4, -0.2) is 66.7 Å². The van der Waals surface area contributed by atoms with Crippen molar-refractivity contribution in [3.63, 3.8) is 0 Å². The number of carbonyl (C=O) groups is 2. The lowest BCUT2D eigenvalue weighted by Gasteiger charge is -2.19. The summed E-state index contributed by atoms with van der Waals surface area (Å²) in [5.41, 5.74) is 4.91. The predicted molar refractivity (Wildman–Crippen MR) is 253 cm³/mol. The van der Waals surface area contributed by atoms with Crippen molar-refractivity contribution in [2.75, 3.05) is 38.2 Å². The largest absolute Gasteiger partial charge is 0.508 e. The Hall–Kier alpha value is -4.87. The fraction of sp³-hybridized carbons (Fsp3) is 0.469. The molecule has 2 amide bonds. The molecule has 3 fully saturated rings. The summed E-state index contributed by atoms with van der Waals surface area (Å²) in [5, 5.41) is 15.8. The van der Waals surface area contributed by atoms with Crippen LogP contribution in [0.1, 0.15) is 95.2 Å². The van der Waals surface area contributed by atoms with E-state index in [4.69, 9.17) is 24.7 Å². The highest BCUT2D eigenvalue weighted by atomic mass is 79.9. The Morgan fingerprint density at radius 3 is 1.34 bits per heavy atom. The Kier molecular flexibility index (Phi) is 23.1. The van der Waals surface area contributed by atoms with Gasteiger partial charge in [-0.15, -0.1) is 19.0 Å². The van der Waals surface area contributed by atoms with Crippen LogP contribution in [0, 0.1) is 52.7 Å². The molecule has 3 aromatic carbocycles. The van der Waals surface area contributed by atoms with Crippen molar-refractivity contribution < 1.29 is 60.0 Å². The molecular formula is C49H63BrClF6N3O7. The minimum absolute atomic E-state index is 0. The molecule has 6 rings (SSSR count). The maximum absolute atomic E-state index is 14.2. The van der Waals surface area contributed by atoms with Crippen LogP contribution in [0.25, 0.3) is 0 Å². The second-order valence-corrected chi connectivity index (χ2v) is 18.4. The standard InChI is InChI=1S/C18H23F2NO3.C15H19F2NO3.C13H15F2NO.C3H5Br.ClH/c1-5-8-23-14-7-6-13(19)16(20)15(14)12-9-11(12)10-21-17(22)24-18(2,3)4;1-15(2,3)21-14(20)18-7-8-6-9(8)12-11(19)5-4-10(16)13(12)17;1-2-5-17-11-4-3-10(14)13(15)12(11)9-6-8(9)7-16;1-2-3-4;/h5-7,11-12H,1,8-10H2,2-4H3,(H,21,22);4-5,8-9,19H,6-7H2,1-3H3,(H,18,20);2-4,8-9H,1,5-7,16H2;2H,1,3H2;1H. The zero-order chi connectivity index (χ0) is 49.5. The molecule has 0 heterocycles. The van der Waals surface area contributed by atoms with Crippen LogP contribution in [0.2, 0.25) is 0 Å². The number of phenols is 1. The third-order valence-corrected chi connectivity index (χ3v) is 10.6. The van der Waals surface area contributed by atoms with Crippen LogP contribution in [-0.2, 0) is 9.47 Å². The molecule has 67 heavy (non-hydrogen) atoms. The molecule has 0 radical (unpaired) electrons. The average Bonchev–Trinajstić information content (AvgIpc) is 4.16. The van der Waals surface area contributed by atoms with E-state index in [-0.39, 0.29) is 78.0 Å². The van der Waals surface area contributed by atoms with Crippen molar-refractivity contribution in [2.24, 2.45) is 23.5 Å². The number of hydrogen-bond donors (Lipinski definition) is 4. The Labute approximate surface area is 404 Å². The maximum atomic E-state index is 14.2. The van der Waals surface area contributed by atoms with Gasteiger partial charge >= 0.3 is 12.2 Å². The van der Waals surface area contributed by atoms with Crippen LogP contribution >= 0.6 is 28.3 Å². The number of alkyl halides is 1. The summed E-state index contributed by atoms with van der Waals surface area (Å²) in [7, 11) is 0. The number of hydrogen-bond acceptors (Lipinski definition) is 8. The summed E-state index contributed by atoms with van der Waals surface area (Å²) in [4.78, 5) is 23.2. The number of benzene rings is 3. The summed E-state index contributed by atoms with van der Waals surface area (Å²) in [5.74, 6) is -5.22. The zero-order valence-electron chi connectivity index (χ0n) is 38.7. The van der Waals surface area contributed by atoms with Gasteiger partial charge in [0.25, 0.3) is 0 Å². The molecule has 18 heteroatoms. The van der Waals surface area contributed by atoms with Crippen molar-refractivity contribution in [1.82, 2.24) is 10.6 Å². The lowest BCUT2D eigenvalue weighted by Crippen LogP contribution is -2.33. The molecule has 3 aliphatic carbocycles. The highest BCUT2D eigenvalue weighted by Gasteiger charge is 2.44. The van der Waals surface area contributed by atoms with Crippen molar-refractivity contribution in [3.8, 4) is 17.2 Å². The second-order valence-electron chi connectivity index (χ2n) is 17.8. The van der Waals surface area contributed by atoms with E-state index in [1.54, 1.807) is 59.8 Å². The van der Waals surface area contributed by atoms with Gasteiger partial charge in [0.05, 0.1) is 0 Å². The molecule has 5 N–H and O–H groups in total. The molecule has 0 bridgehead atoms. The van der Waals surface area contributed by atoms with Gasteiger partial charge in [0.2, 0.25) is 0 Å². The van der Waals surface area contributed by atoms with Gasteiger partial charge in [-0.05, 0) is 139 Å². The number of allylic oxidation sites excluding steroid dienone is 1. The quantitative estimate of drug-likeness (QED) is 0.0670. The molecule has 0 aromatic heterocycles. The molecular weight excluding hydrogens is 972 g/mol. The molecule has 0 aliphatic heterocycles. The predicted octanol–water partition coefficient (Wildman–Crippen LogP) is 12.0. The third-order valence-electron chi connectivity index (χ3n) is 10.1. The first-order chi connectivity index (χ1) is 31.0. The number of aromatic hydroxyl groups is 1. The highest BCUT2D eigenvalue weighted by Crippen LogP contribution is 2.53. The van der Waals surface area contributed by atoms with Crippen LogP contribution < -0.4 is 25.8 Å². The first-order valence-corrected chi connectivity index (χ1v) is 22.5. The van der Waals surface area contributed by atoms with Crippen LogP contribution in [0.4, 0.5) is 35.9 Å². The Balaban J connectivity index is 0.000000333. The van der Waals surface area contributed by atoms with Crippen molar-refractivity contribution >= 4 is 40.5 Å². The Morgan fingerprint density at radius 1 is 0.657 bits per heavy atom. The molecule has 0 spiro atoms. The van der Waals surface area contributed by atoms with Gasteiger partial charge in [-0.25, -0.2) is 35.9 Å². The lowest BCUT2D eigenvalue weighted by molar-refractivity contribution is 0.0513. The molecule has 3 saturated carbocycles. The number of ether oxygens (including phenoxy) is 4. The first kappa shape index (κ1) is 58.3. The number of nitrogens with two attached hydrogens (primary N) is 1. The summed E-state index contributed by atoms with van der Waals surface area (Å²) in [6.45, 7) is 22.7. The summed E-state index contributed by atoms with van der Waals surface area (Å²) < 4.78 is 103. The monoisotopic (exact) mass is 1030 g/mol. The zero-order valence-corrected chi connectivity index (χ0v) is 41.1. The highest BCUT2D eigenvalue weighted by molar-refractivity contribution is 9.09. The lowest BCUT2D eigenvalue weighted by atomic mass is 10.1. The van der Waals surface area contributed by atoms with Crippen molar-refractivity contribution in [3.05, 3.63) is 126 Å². The van der Waals surface area contributed by atoms with Crippen molar-refractivity contribution in [1.29, 1.82) is 0 Å². The minimum atomic E-state index is -1.01. The fourth-order valence-electron chi connectivity index (χ4n) is 6.82. The average molecular weight is 1040 g/mol. The van der Waals surface area contributed by atoms with E-state index in [1.165, 1.54) is 12.1 Å². The van der Waals surface area contributed by atoms with E-state index in [2.05, 4.69) is 46.3 Å². The number of phenolic OH excluding ortho intramolecular Hbond substituents is 1. The number of nitrogens with one attached hydrogen (secondary N) is 2. The third kappa shape index (κ3) is 18.6. The Bertz CT molecular complexity index is 2160. The first-order valence-electron chi connectivity index (χ1n) is 21.4. The molecule has 10 nitrogen and oxygen atoms in total. The smallest absolute Gasteiger partial charge is 0.407 e. The van der Waals surface area contributed by atoms with Gasteiger partial charge < -0.3 is 40.4 Å². The number of carbonyl (C=O) groups excluding carboxylic acids is 2. The fourth-order valence-corrected chi connectivity index (χ4v) is 6.82. The molecule has 6 unspecified atom stereocenters. The Morgan fingerprint density at radius 2 is 1.00 bits per heavy atom. The van der Waals surface area contributed by atoms with Gasteiger partial charge in [-0.2, -0.15) is 0 Å². The summed E-state index contributed by atoms with van der Waals surface area (Å²) >= 11 is 3.13. The summed E-state index contributed by atoms with van der Waals surface area (Å²) in [6.07, 6.45) is 5.87. The van der Waals surface area contributed by atoms with E-state index in [1.807, 2.05) is 0 Å². The van der Waals surface area contributed by atoms with Gasteiger partial charge in [-0.3, -0.25) is 0 Å². The van der Waals surface area contributed by atoms with Crippen LogP contribution in [0.3, 0.4) is 0 Å². The molecule has 372 valence electrons. The maximum Gasteiger partial charge on any atom is 0.407 e. The van der Waals surface area contributed by atoms with E-state index < -0.39 is 58.3 Å². The number of rotatable bonds is 15. The van der Waals surface area contributed by atoms with Crippen LogP contribution in [0.5, 0.6) is 17.2 Å². The van der Waals surface area contributed by atoms with E-state index in [0.717, 1.165) is 36.0 Å². The van der Waals surface area contributed by atoms with E-state index >= 15 is 0 Å².